The highest BCUT2D eigenvalue weighted by Gasteiger charge is 2.28. The van der Waals surface area contributed by atoms with Crippen LogP contribution in [0.2, 0.25) is 0 Å². The third-order valence-corrected chi connectivity index (χ3v) is 2.75. The number of nitrogen functional groups attached to an aromatic ring is 1. The maximum atomic E-state index is 9.97. The van der Waals surface area contributed by atoms with Gasteiger partial charge in [0.25, 0.3) is 0 Å². The van der Waals surface area contributed by atoms with Gasteiger partial charge < -0.3 is 15.7 Å². The van der Waals surface area contributed by atoms with Crippen LogP contribution in [0.1, 0.15) is 19.8 Å². The van der Waals surface area contributed by atoms with E-state index in [0.29, 0.717) is 12.4 Å². The number of rotatable bonds is 1. The van der Waals surface area contributed by atoms with Crippen molar-refractivity contribution in [3.63, 3.8) is 0 Å². The molecule has 1 fully saturated rings. The summed E-state index contributed by atoms with van der Waals surface area (Å²) in [6.07, 6.45) is 1.84. The molecule has 0 radical (unpaired) electrons. The van der Waals surface area contributed by atoms with E-state index in [4.69, 9.17) is 5.73 Å². The normalized spacial score (nSPS) is 26.7. The summed E-state index contributed by atoms with van der Waals surface area (Å²) in [6, 6.07) is 5.59. The van der Waals surface area contributed by atoms with E-state index >= 15 is 0 Å². The molecule has 0 aromatic carbocycles. The third kappa shape index (κ3) is 2.39. The number of nitrogens with zero attached hydrogens (tertiary/aromatic N) is 2. The first kappa shape index (κ1) is 10.2. The number of anilines is 2. The number of β-amino-alcohol motifs (C(OH)–C–C–N with tert-alkyl or cyclic N) is 1. The number of aromatic nitrogens is 1. The van der Waals surface area contributed by atoms with Gasteiger partial charge in [-0.1, -0.05) is 6.07 Å². The summed E-state index contributed by atoms with van der Waals surface area (Å²) in [5.74, 6) is 1.38. The predicted octanol–water partition coefficient (Wildman–Crippen LogP) is 1.01. The van der Waals surface area contributed by atoms with Gasteiger partial charge >= 0.3 is 0 Å². The van der Waals surface area contributed by atoms with E-state index in [1.807, 2.05) is 19.1 Å². The molecule has 15 heavy (non-hydrogen) atoms. The molecule has 0 aliphatic carbocycles. The molecule has 2 heterocycles. The summed E-state index contributed by atoms with van der Waals surface area (Å²) in [5, 5.41) is 9.97. The fourth-order valence-corrected chi connectivity index (χ4v) is 2.03. The minimum atomic E-state index is -0.607. The number of piperidine rings is 1. The maximum absolute atomic E-state index is 9.97. The summed E-state index contributed by atoms with van der Waals surface area (Å²) in [6.45, 7) is 3.43. The Morgan fingerprint density at radius 3 is 3.00 bits per heavy atom. The molecule has 0 amide bonds. The van der Waals surface area contributed by atoms with Crippen LogP contribution in [-0.2, 0) is 0 Å². The first-order valence-corrected chi connectivity index (χ1v) is 5.27. The quantitative estimate of drug-likeness (QED) is 0.721. The summed E-state index contributed by atoms with van der Waals surface area (Å²) >= 11 is 0. The number of hydrogen-bond donors (Lipinski definition) is 2. The lowest BCUT2D eigenvalue weighted by Crippen LogP contribution is -2.46. The fraction of sp³-hybridized carbons (Fsp3) is 0.545. The van der Waals surface area contributed by atoms with Gasteiger partial charge in [0.2, 0.25) is 0 Å². The number of nitrogens with two attached hydrogens (primary N) is 1. The van der Waals surface area contributed by atoms with Gasteiger partial charge in [-0.25, -0.2) is 4.98 Å². The van der Waals surface area contributed by atoms with Gasteiger partial charge in [-0.3, -0.25) is 0 Å². The van der Waals surface area contributed by atoms with Crippen molar-refractivity contribution < 1.29 is 5.11 Å². The Morgan fingerprint density at radius 1 is 1.53 bits per heavy atom. The van der Waals surface area contributed by atoms with Crippen LogP contribution in [0.5, 0.6) is 0 Å². The molecular weight excluding hydrogens is 190 g/mol. The molecule has 1 aliphatic rings. The van der Waals surface area contributed by atoms with Crippen LogP contribution in [0.4, 0.5) is 11.6 Å². The molecule has 1 aromatic heterocycles. The second-order valence-electron chi connectivity index (χ2n) is 4.44. The largest absolute Gasteiger partial charge is 0.388 e. The van der Waals surface area contributed by atoms with Crippen molar-refractivity contribution in [3.8, 4) is 0 Å². The fourth-order valence-electron chi connectivity index (χ4n) is 2.03. The van der Waals surface area contributed by atoms with Crippen molar-refractivity contribution in [2.45, 2.75) is 25.4 Å². The molecule has 3 N–H and O–H groups in total. The topological polar surface area (TPSA) is 62.4 Å². The summed E-state index contributed by atoms with van der Waals surface area (Å²) in [4.78, 5) is 6.34. The first-order chi connectivity index (χ1) is 7.07. The highest BCUT2D eigenvalue weighted by Crippen LogP contribution is 2.24. The minimum absolute atomic E-state index is 0.526. The van der Waals surface area contributed by atoms with E-state index in [-0.39, 0.29) is 0 Å². The summed E-state index contributed by atoms with van der Waals surface area (Å²) < 4.78 is 0. The molecule has 0 bridgehead atoms. The van der Waals surface area contributed by atoms with E-state index < -0.39 is 5.60 Å². The second kappa shape index (κ2) is 3.70. The number of aliphatic hydroxyl groups is 1. The van der Waals surface area contributed by atoms with Crippen LogP contribution in [0.3, 0.4) is 0 Å². The monoisotopic (exact) mass is 207 g/mol. The molecule has 2 rings (SSSR count). The van der Waals surface area contributed by atoms with Gasteiger partial charge in [-0.05, 0) is 31.9 Å². The molecule has 1 aromatic rings. The van der Waals surface area contributed by atoms with E-state index in [0.717, 1.165) is 25.2 Å². The minimum Gasteiger partial charge on any atom is -0.388 e. The smallest absolute Gasteiger partial charge is 0.131 e. The zero-order valence-corrected chi connectivity index (χ0v) is 8.98. The Bertz CT molecular complexity index is 351. The van der Waals surface area contributed by atoms with Gasteiger partial charge in [0.15, 0.2) is 0 Å². The van der Waals surface area contributed by atoms with Crippen molar-refractivity contribution in [3.05, 3.63) is 18.2 Å². The van der Waals surface area contributed by atoms with E-state index in [2.05, 4.69) is 9.88 Å². The van der Waals surface area contributed by atoms with E-state index in [1.165, 1.54) is 0 Å². The SMILES string of the molecule is C[C@]1(O)CCCN(c2cccc(N)n2)C1. The van der Waals surface area contributed by atoms with Crippen LogP contribution in [0.15, 0.2) is 18.2 Å². The molecular formula is C11H17N3O. The summed E-state index contributed by atoms with van der Waals surface area (Å²) in [5.41, 5.74) is 5.03. The van der Waals surface area contributed by atoms with Crippen molar-refractivity contribution in [1.82, 2.24) is 4.98 Å². The Kier molecular flexibility index (Phi) is 2.52. The van der Waals surface area contributed by atoms with Crippen molar-refractivity contribution in [2.75, 3.05) is 23.7 Å². The predicted molar refractivity (Wildman–Crippen MR) is 60.7 cm³/mol. The number of hydrogen-bond acceptors (Lipinski definition) is 4. The third-order valence-electron chi connectivity index (χ3n) is 2.75. The van der Waals surface area contributed by atoms with Crippen LogP contribution >= 0.6 is 0 Å². The Labute approximate surface area is 89.7 Å². The van der Waals surface area contributed by atoms with Crippen LogP contribution < -0.4 is 10.6 Å². The van der Waals surface area contributed by atoms with Crippen molar-refractivity contribution in [1.29, 1.82) is 0 Å². The second-order valence-corrected chi connectivity index (χ2v) is 4.44. The van der Waals surface area contributed by atoms with Crippen LogP contribution in [0, 0.1) is 0 Å². The molecule has 4 nitrogen and oxygen atoms in total. The molecule has 4 heteroatoms. The van der Waals surface area contributed by atoms with E-state index in [1.54, 1.807) is 6.07 Å². The molecule has 1 saturated heterocycles. The first-order valence-electron chi connectivity index (χ1n) is 5.27. The van der Waals surface area contributed by atoms with Gasteiger partial charge in [0.05, 0.1) is 5.60 Å². The van der Waals surface area contributed by atoms with Gasteiger partial charge in [0.1, 0.15) is 11.6 Å². The Morgan fingerprint density at radius 2 is 2.33 bits per heavy atom. The maximum Gasteiger partial charge on any atom is 0.131 e. The van der Waals surface area contributed by atoms with Gasteiger partial charge in [0, 0.05) is 13.1 Å². The van der Waals surface area contributed by atoms with E-state index in [9.17, 15) is 5.11 Å². The lowest BCUT2D eigenvalue weighted by atomic mass is 9.95. The lowest BCUT2D eigenvalue weighted by molar-refractivity contribution is 0.0447. The highest BCUT2D eigenvalue weighted by atomic mass is 16.3. The average Bonchev–Trinajstić information content (AvgIpc) is 2.16. The lowest BCUT2D eigenvalue weighted by Gasteiger charge is -2.37. The van der Waals surface area contributed by atoms with Crippen LogP contribution in [0.25, 0.3) is 0 Å². The molecule has 82 valence electrons. The van der Waals surface area contributed by atoms with Crippen LogP contribution in [-0.4, -0.2) is 28.8 Å². The zero-order valence-electron chi connectivity index (χ0n) is 8.98. The molecule has 0 saturated carbocycles. The standard InChI is InChI=1S/C11H17N3O/c1-11(15)6-3-7-14(8-11)10-5-2-4-9(12)13-10/h2,4-5,15H,3,6-8H2,1H3,(H2,12,13)/t11-/m0/s1. The van der Waals surface area contributed by atoms with Crippen molar-refractivity contribution in [2.24, 2.45) is 0 Å². The number of pyridine rings is 1. The summed E-state index contributed by atoms with van der Waals surface area (Å²) in [7, 11) is 0. The molecule has 1 atom stereocenters. The molecule has 1 aliphatic heterocycles. The molecule has 0 spiro atoms. The van der Waals surface area contributed by atoms with Gasteiger partial charge in [-0.15, -0.1) is 0 Å². The zero-order chi connectivity index (χ0) is 10.9. The average molecular weight is 207 g/mol. The highest BCUT2D eigenvalue weighted by molar-refractivity contribution is 5.45. The van der Waals surface area contributed by atoms with Gasteiger partial charge in [-0.2, -0.15) is 0 Å². The van der Waals surface area contributed by atoms with Crippen molar-refractivity contribution >= 4 is 11.6 Å². The molecule has 0 unspecified atom stereocenters. The Hall–Kier alpha value is -1.29. The Balaban J connectivity index is 2.17.